The second-order valence-corrected chi connectivity index (χ2v) is 8.79. The quantitative estimate of drug-likeness (QED) is 0.458. The number of aromatic nitrogens is 5. The van der Waals surface area contributed by atoms with Crippen LogP contribution in [0.3, 0.4) is 0 Å². The van der Waals surface area contributed by atoms with Gasteiger partial charge in [0.1, 0.15) is 5.75 Å². The molecule has 0 unspecified atom stereocenters. The molecule has 30 heavy (non-hydrogen) atoms. The van der Waals surface area contributed by atoms with Gasteiger partial charge in [-0.1, -0.05) is 30.6 Å². The highest BCUT2D eigenvalue weighted by Gasteiger charge is 2.14. The summed E-state index contributed by atoms with van der Waals surface area (Å²) >= 11 is 1.67. The molecule has 4 aromatic rings. The molecule has 1 fully saturated rings. The van der Waals surface area contributed by atoms with Crippen molar-refractivity contribution in [2.75, 3.05) is 11.9 Å². The van der Waals surface area contributed by atoms with E-state index in [1.165, 1.54) is 32.1 Å². The van der Waals surface area contributed by atoms with Gasteiger partial charge < -0.3 is 10.1 Å². The van der Waals surface area contributed by atoms with Crippen molar-refractivity contribution in [1.82, 2.24) is 24.7 Å². The number of fused-ring (bicyclic) bond motifs is 1. The fourth-order valence-electron chi connectivity index (χ4n) is 3.86. The minimum Gasteiger partial charge on any atom is -0.439 e. The highest BCUT2D eigenvalue weighted by molar-refractivity contribution is 7.22. The Bertz CT molecular complexity index is 1150. The Kier molecular flexibility index (Phi) is 5.31. The van der Waals surface area contributed by atoms with Gasteiger partial charge in [-0.15, -0.1) is 0 Å². The minimum atomic E-state index is 0.503. The molecule has 8 heteroatoms. The summed E-state index contributed by atoms with van der Waals surface area (Å²) in [5, 5.41) is 8.69. The first kappa shape index (κ1) is 19.0. The van der Waals surface area contributed by atoms with Gasteiger partial charge in [-0.2, -0.15) is 10.1 Å². The summed E-state index contributed by atoms with van der Waals surface area (Å²) in [6.45, 7) is 1.02. The van der Waals surface area contributed by atoms with Crippen LogP contribution in [0.2, 0.25) is 0 Å². The van der Waals surface area contributed by atoms with E-state index in [4.69, 9.17) is 9.72 Å². The number of rotatable bonds is 6. The average molecular weight is 421 g/mol. The molecule has 0 saturated heterocycles. The highest BCUT2D eigenvalue weighted by atomic mass is 32.1. The lowest BCUT2D eigenvalue weighted by molar-refractivity contribution is 0.373. The van der Waals surface area contributed by atoms with Crippen molar-refractivity contribution in [1.29, 1.82) is 0 Å². The van der Waals surface area contributed by atoms with Crippen molar-refractivity contribution in [3.8, 4) is 23.0 Å². The third-order valence-electron chi connectivity index (χ3n) is 5.44. The molecule has 3 heterocycles. The van der Waals surface area contributed by atoms with Gasteiger partial charge in [0.25, 0.3) is 0 Å². The Morgan fingerprint density at radius 1 is 1.17 bits per heavy atom. The number of nitrogens with one attached hydrogen (secondary N) is 1. The van der Waals surface area contributed by atoms with Crippen molar-refractivity contribution in [2.24, 2.45) is 13.0 Å². The third kappa shape index (κ3) is 4.28. The van der Waals surface area contributed by atoms with E-state index in [-0.39, 0.29) is 0 Å². The predicted octanol–water partition coefficient (Wildman–Crippen LogP) is 5.27. The van der Waals surface area contributed by atoms with E-state index in [0.717, 1.165) is 39.1 Å². The SMILES string of the molecule is Cn1cc(-c2nccc(Oc3ccc4nc(NCC5CCCCC5)sc4c3)n2)cn1. The van der Waals surface area contributed by atoms with Crippen LogP contribution >= 0.6 is 11.3 Å². The van der Waals surface area contributed by atoms with E-state index >= 15 is 0 Å². The lowest BCUT2D eigenvalue weighted by atomic mass is 9.89. The molecule has 154 valence electrons. The first-order valence-electron chi connectivity index (χ1n) is 10.4. The van der Waals surface area contributed by atoms with Crippen LogP contribution in [0.5, 0.6) is 11.6 Å². The molecule has 0 spiro atoms. The number of hydrogen-bond acceptors (Lipinski definition) is 7. The first-order chi connectivity index (χ1) is 14.7. The van der Waals surface area contributed by atoms with E-state index < -0.39 is 0 Å². The molecule has 0 bridgehead atoms. The van der Waals surface area contributed by atoms with Gasteiger partial charge in [0.15, 0.2) is 11.0 Å². The standard InChI is InChI=1S/C22H24N6OS/c1-28-14-16(13-25-28)21-23-10-9-20(27-21)29-17-7-8-18-19(11-17)30-22(26-18)24-12-15-5-3-2-4-6-15/h7-11,13-15H,2-6,12H2,1H3,(H,24,26). The van der Waals surface area contributed by atoms with Crippen molar-refractivity contribution >= 4 is 26.7 Å². The summed E-state index contributed by atoms with van der Waals surface area (Å²) in [6, 6.07) is 7.70. The van der Waals surface area contributed by atoms with Crippen LogP contribution < -0.4 is 10.1 Å². The summed E-state index contributed by atoms with van der Waals surface area (Å²) < 4.78 is 8.82. The van der Waals surface area contributed by atoms with E-state index in [1.54, 1.807) is 34.5 Å². The summed E-state index contributed by atoms with van der Waals surface area (Å²) in [6.07, 6.45) is 12.1. The third-order valence-corrected chi connectivity index (χ3v) is 6.42. The van der Waals surface area contributed by atoms with Gasteiger partial charge in [-0.25, -0.2) is 9.97 Å². The summed E-state index contributed by atoms with van der Waals surface area (Å²) in [7, 11) is 1.87. The van der Waals surface area contributed by atoms with Crippen LogP contribution in [-0.2, 0) is 7.05 Å². The van der Waals surface area contributed by atoms with Crippen LogP contribution in [0.1, 0.15) is 32.1 Å². The average Bonchev–Trinajstić information content (AvgIpc) is 3.39. The van der Waals surface area contributed by atoms with Gasteiger partial charge in [-0.3, -0.25) is 4.68 Å². The van der Waals surface area contributed by atoms with Gasteiger partial charge in [0.2, 0.25) is 5.88 Å². The van der Waals surface area contributed by atoms with Gasteiger partial charge in [0, 0.05) is 38.1 Å². The van der Waals surface area contributed by atoms with Crippen molar-refractivity contribution < 1.29 is 4.74 Å². The molecule has 0 aliphatic heterocycles. The zero-order valence-corrected chi connectivity index (χ0v) is 17.7. The van der Waals surface area contributed by atoms with Gasteiger partial charge >= 0.3 is 0 Å². The van der Waals surface area contributed by atoms with E-state index in [0.29, 0.717) is 11.7 Å². The maximum atomic E-state index is 6.00. The summed E-state index contributed by atoms with van der Waals surface area (Å²) in [5.41, 5.74) is 1.84. The summed E-state index contributed by atoms with van der Waals surface area (Å²) in [4.78, 5) is 13.5. The van der Waals surface area contributed by atoms with Gasteiger partial charge in [-0.05, 0) is 30.9 Å². The number of thiazole rings is 1. The number of aryl methyl sites for hydroxylation is 1. The number of nitrogens with zero attached hydrogens (tertiary/aromatic N) is 5. The molecule has 3 aromatic heterocycles. The molecule has 0 radical (unpaired) electrons. The smallest absolute Gasteiger partial charge is 0.222 e. The number of hydrogen-bond donors (Lipinski definition) is 1. The molecule has 0 amide bonds. The van der Waals surface area contributed by atoms with Gasteiger partial charge in [0.05, 0.1) is 22.0 Å². The predicted molar refractivity (Wildman–Crippen MR) is 119 cm³/mol. The van der Waals surface area contributed by atoms with Crippen molar-refractivity contribution in [3.05, 3.63) is 42.9 Å². The van der Waals surface area contributed by atoms with E-state index in [2.05, 4.69) is 20.4 Å². The lowest BCUT2D eigenvalue weighted by Crippen LogP contribution is -2.16. The molecular formula is C22H24N6OS. The molecular weight excluding hydrogens is 396 g/mol. The molecule has 1 aromatic carbocycles. The molecule has 0 atom stereocenters. The van der Waals surface area contributed by atoms with E-state index in [9.17, 15) is 0 Å². The normalized spacial score (nSPS) is 14.8. The zero-order valence-electron chi connectivity index (χ0n) is 16.9. The second kappa shape index (κ2) is 8.39. The maximum absolute atomic E-state index is 6.00. The Balaban J connectivity index is 1.29. The van der Waals surface area contributed by atoms with Crippen LogP contribution in [0, 0.1) is 5.92 Å². The fourth-order valence-corrected chi connectivity index (χ4v) is 4.76. The maximum Gasteiger partial charge on any atom is 0.222 e. The van der Waals surface area contributed by atoms with Crippen LogP contribution in [0.25, 0.3) is 21.6 Å². The molecule has 7 nitrogen and oxygen atoms in total. The number of benzene rings is 1. The monoisotopic (exact) mass is 420 g/mol. The number of anilines is 1. The minimum absolute atomic E-state index is 0.503. The highest BCUT2D eigenvalue weighted by Crippen LogP contribution is 2.32. The van der Waals surface area contributed by atoms with Crippen molar-refractivity contribution in [3.63, 3.8) is 0 Å². The molecule has 1 N–H and O–H groups in total. The molecule has 1 saturated carbocycles. The molecule has 1 aliphatic carbocycles. The van der Waals surface area contributed by atoms with Crippen LogP contribution in [0.4, 0.5) is 5.13 Å². The Hall–Kier alpha value is -3.00. The Labute approximate surface area is 179 Å². The molecule has 5 rings (SSSR count). The summed E-state index contributed by atoms with van der Waals surface area (Å²) in [5.74, 6) is 2.61. The van der Waals surface area contributed by atoms with Crippen LogP contribution in [-0.4, -0.2) is 31.3 Å². The van der Waals surface area contributed by atoms with Crippen LogP contribution in [0.15, 0.2) is 42.9 Å². The largest absolute Gasteiger partial charge is 0.439 e. The fraction of sp³-hybridized carbons (Fsp3) is 0.364. The molecule has 1 aliphatic rings. The number of ether oxygens (including phenoxy) is 1. The topological polar surface area (TPSA) is 77.8 Å². The first-order valence-corrected chi connectivity index (χ1v) is 11.2. The Morgan fingerprint density at radius 3 is 2.90 bits per heavy atom. The zero-order chi connectivity index (χ0) is 20.3. The second-order valence-electron chi connectivity index (χ2n) is 7.76. The Morgan fingerprint density at radius 2 is 2.07 bits per heavy atom. The lowest BCUT2D eigenvalue weighted by Gasteiger charge is -2.21. The van der Waals surface area contributed by atoms with Crippen molar-refractivity contribution in [2.45, 2.75) is 32.1 Å². The van der Waals surface area contributed by atoms with E-state index in [1.807, 2.05) is 31.4 Å².